The molecule has 0 radical (unpaired) electrons. The van der Waals surface area contributed by atoms with E-state index in [1.54, 1.807) is 20.8 Å². The van der Waals surface area contributed by atoms with E-state index < -0.39 is 18.3 Å². The van der Waals surface area contributed by atoms with Crippen molar-refractivity contribution in [1.29, 1.82) is 0 Å². The summed E-state index contributed by atoms with van der Waals surface area (Å²) in [7, 11) is 0. The Morgan fingerprint density at radius 3 is 1.00 bits per heavy atom. The molecule has 0 aromatic rings. The van der Waals surface area contributed by atoms with Gasteiger partial charge in [0.15, 0.2) is 0 Å². The van der Waals surface area contributed by atoms with E-state index in [0.717, 1.165) is 19.3 Å². The zero-order valence-electron chi connectivity index (χ0n) is 18.2. The Morgan fingerprint density at radius 1 is 0.593 bits per heavy atom. The molecular formula is C21H42O6. The number of aliphatic hydroxyl groups excluding tert-OH is 3. The van der Waals surface area contributed by atoms with E-state index in [9.17, 15) is 15.3 Å². The summed E-state index contributed by atoms with van der Waals surface area (Å²) in [6, 6.07) is 0. The molecule has 0 bridgehead atoms. The van der Waals surface area contributed by atoms with Gasteiger partial charge < -0.3 is 29.5 Å². The van der Waals surface area contributed by atoms with Crippen molar-refractivity contribution in [2.75, 3.05) is 39.6 Å². The summed E-state index contributed by atoms with van der Waals surface area (Å²) in [5, 5.41) is 28.5. The first-order valence-electron chi connectivity index (χ1n) is 10.1. The molecular weight excluding hydrogens is 348 g/mol. The maximum atomic E-state index is 9.50. The molecule has 6 heteroatoms. The molecule has 0 saturated heterocycles. The van der Waals surface area contributed by atoms with Crippen molar-refractivity contribution in [3.05, 3.63) is 0 Å². The molecule has 1 rings (SSSR count). The minimum absolute atomic E-state index is 0.0565. The molecule has 0 aromatic heterocycles. The molecule has 3 unspecified atom stereocenters. The average Bonchev–Trinajstić information content (AvgIpc) is 2.43. The molecule has 1 saturated carbocycles. The Kier molecular flexibility index (Phi) is 9.65. The van der Waals surface area contributed by atoms with Crippen LogP contribution in [0.1, 0.15) is 60.8 Å². The first-order valence-corrected chi connectivity index (χ1v) is 10.1. The summed E-state index contributed by atoms with van der Waals surface area (Å²) in [4.78, 5) is 0. The Morgan fingerprint density at radius 2 is 0.815 bits per heavy atom. The van der Waals surface area contributed by atoms with E-state index in [-0.39, 0.29) is 16.2 Å². The van der Waals surface area contributed by atoms with Crippen molar-refractivity contribution >= 4 is 0 Å². The van der Waals surface area contributed by atoms with E-state index in [4.69, 9.17) is 14.2 Å². The summed E-state index contributed by atoms with van der Waals surface area (Å²) in [6.07, 6.45) is 1.43. The van der Waals surface area contributed by atoms with E-state index in [1.807, 2.05) is 0 Å². The lowest BCUT2D eigenvalue weighted by Crippen LogP contribution is -2.48. The molecule has 1 aliphatic rings. The lowest BCUT2D eigenvalue weighted by molar-refractivity contribution is -0.121. The fraction of sp³-hybridized carbons (Fsp3) is 1.00. The molecule has 162 valence electrons. The molecule has 1 aliphatic carbocycles. The Balaban J connectivity index is 2.83. The second-order valence-corrected chi connectivity index (χ2v) is 10.1. The maximum absolute atomic E-state index is 9.50. The molecule has 3 N–H and O–H groups in total. The normalized spacial score (nSPS) is 35.0. The number of hydrogen-bond acceptors (Lipinski definition) is 6. The van der Waals surface area contributed by atoms with Crippen molar-refractivity contribution in [3.8, 4) is 0 Å². The van der Waals surface area contributed by atoms with Crippen LogP contribution in [0, 0.1) is 16.2 Å². The third-order valence-electron chi connectivity index (χ3n) is 4.99. The monoisotopic (exact) mass is 390 g/mol. The van der Waals surface area contributed by atoms with E-state index >= 15 is 0 Å². The van der Waals surface area contributed by atoms with Crippen LogP contribution in [0.2, 0.25) is 0 Å². The predicted octanol–water partition coefficient (Wildman–Crippen LogP) is 2.38. The van der Waals surface area contributed by atoms with Gasteiger partial charge in [-0.2, -0.15) is 0 Å². The highest BCUT2D eigenvalue weighted by molar-refractivity contribution is 4.99. The van der Waals surface area contributed by atoms with Crippen LogP contribution in [-0.2, 0) is 14.2 Å². The molecule has 0 spiro atoms. The van der Waals surface area contributed by atoms with Gasteiger partial charge in [-0.25, -0.2) is 0 Å². The van der Waals surface area contributed by atoms with Gasteiger partial charge in [-0.1, -0.05) is 20.8 Å². The van der Waals surface area contributed by atoms with Gasteiger partial charge in [-0.15, -0.1) is 0 Å². The first-order chi connectivity index (χ1) is 12.4. The Bertz CT molecular complexity index is 353. The van der Waals surface area contributed by atoms with Crippen molar-refractivity contribution in [2.24, 2.45) is 16.2 Å². The molecule has 1 fully saturated rings. The van der Waals surface area contributed by atoms with Crippen LogP contribution >= 0.6 is 0 Å². The average molecular weight is 391 g/mol. The second kappa shape index (κ2) is 10.5. The van der Waals surface area contributed by atoms with Gasteiger partial charge in [0, 0.05) is 0 Å². The van der Waals surface area contributed by atoms with E-state index in [2.05, 4.69) is 20.8 Å². The smallest absolute Gasteiger partial charge is 0.0745 e. The van der Waals surface area contributed by atoms with Gasteiger partial charge >= 0.3 is 0 Å². The van der Waals surface area contributed by atoms with Crippen LogP contribution in [0.5, 0.6) is 0 Å². The van der Waals surface area contributed by atoms with Gasteiger partial charge in [-0.3, -0.25) is 0 Å². The SMILES string of the molecule is CC(O)COCC1(C)CC(C)(COCC(C)O)CC(C)(COCC(C)O)C1. The van der Waals surface area contributed by atoms with Crippen LogP contribution in [0.3, 0.4) is 0 Å². The lowest BCUT2D eigenvalue weighted by Gasteiger charge is -2.52. The lowest BCUT2D eigenvalue weighted by atomic mass is 9.55. The summed E-state index contributed by atoms with van der Waals surface area (Å²) in [5.74, 6) is 0. The number of hydrogen-bond donors (Lipinski definition) is 3. The van der Waals surface area contributed by atoms with Gasteiger partial charge in [-0.05, 0) is 56.3 Å². The molecule has 27 heavy (non-hydrogen) atoms. The van der Waals surface area contributed by atoms with Gasteiger partial charge in [0.05, 0.1) is 58.0 Å². The molecule has 3 atom stereocenters. The highest BCUT2D eigenvalue weighted by Gasteiger charge is 2.49. The number of aliphatic hydroxyl groups is 3. The third-order valence-corrected chi connectivity index (χ3v) is 4.99. The fourth-order valence-corrected chi connectivity index (χ4v) is 5.01. The number of ether oxygens (including phenoxy) is 3. The van der Waals surface area contributed by atoms with Gasteiger partial charge in [0.2, 0.25) is 0 Å². The molecule has 0 aliphatic heterocycles. The summed E-state index contributed by atoms with van der Waals surface area (Å²) in [6.45, 7) is 14.6. The molecule has 0 aromatic carbocycles. The van der Waals surface area contributed by atoms with Crippen LogP contribution in [-0.4, -0.2) is 73.3 Å². The summed E-state index contributed by atoms with van der Waals surface area (Å²) in [5.41, 5.74) is -0.170. The van der Waals surface area contributed by atoms with E-state index in [0.29, 0.717) is 39.6 Å². The maximum Gasteiger partial charge on any atom is 0.0745 e. The van der Waals surface area contributed by atoms with Crippen molar-refractivity contribution < 1.29 is 29.5 Å². The number of rotatable bonds is 12. The highest BCUT2D eigenvalue weighted by Crippen LogP contribution is 2.54. The van der Waals surface area contributed by atoms with Crippen LogP contribution < -0.4 is 0 Å². The zero-order valence-corrected chi connectivity index (χ0v) is 18.2. The van der Waals surface area contributed by atoms with Crippen molar-refractivity contribution in [2.45, 2.75) is 79.1 Å². The Labute approximate surface area is 165 Å². The summed E-state index contributed by atoms with van der Waals surface area (Å²) >= 11 is 0. The largest absolute Gasteiger partial charge is 0.391 e. The highest BCUT2D eigenvalue weighted by atomic mass is 16.5. The second-order valence-electron chi connectivity index (χ2n) is 10.1. The quantitative estimate of drug-likeness (QED) is 0.474. The minimum atomic E-state index is -0.473. The topological polar surface area (TPSA) is 88.4 Å². The molecule has 0 heterocycles. The summed E-state index contributed by atoms with van der Waals surface area (Å²) < 4.78 is 17.4. The van der Waals surface area contributed by atoms with Crippen molar-refractivity contribution in [3.63, 3.8) is 0 Å². The van der Waals surface area contributed by atoms with Crippen molar-refractivity contribution in [1.82, 2.24) is 0 Å². The first kappa shape index (κ1) is 24.8. The van der Waals surface area contributed by atoms with Crippen LogP contribution in [0.4, 0.5) is 0 Å². The minimum Gasteiger partial charge on any atom is -0.391 e. The van der Waals surface area contributed by atoms with Gasteiger partial charge in [0.1, 0.15) is 0 Å². The standard InChI is InChI=1S/C21H42O6/c1-16(22)7-25-13-19(4)10-20(5,14-26-8-17(2)23)12-21(6,11-19)15-27-9-18(3)24/h16-18,22-24H,7-15H2,1-6H3. The Hall–Kier alpha value is -0.240. The predicted molar refractivity (Wildman–Crippen MR) is 106 cm³/mol. The third kappa shape index (κ3) is 9.68. The zero-order chi connectivity index (χ0) is 20.7. The molecule has 6 nitrogen and oxygen atoms in total. The van der Waals surface area contributed by atoms with Crippen LogP contribution in [0.25, 0.3) is 0 Å². The molecule has 0 amide bonds. The van der Waals surface area contributed by atoms with Gasteiger partial charge in [0.25, 0.3) is 0 Å². The fourth-order valence-electron chi connectivity index (χ4n) is 5.01. The van der Waals surface area contributed by atoms with E-state index in [1.165, 1.54) is 0 Å². The van der Waals surface area contributed by atoms with Crippen LogP contribution in [0.15, 0.2) is 0 Å².